The molecule has 0 bridgehead atoms. The van der Waals surface area contributed by atoms with Crippen LogP contribution in [0.5, 0.6) is 0 Å². The van der Waals surface area contributed by atoms with Crippen molar-refractivity contribution in [2.75, 3.05) is 64.4 Å². The summed E-state index contributed by atoms with van der Waals surface area (Å²) in [4.78, 5) is 85.5. The first-order valence-corrected chi connectivity index (χ1v) is 22.3. The van der Waals surface area contributed by atoms with Crippen LogP contribution in [0.2, 0.25) is 10.3 Å². The number of methoxy groups -OCH3 is 2. The van der Waals surface area contributed by atoms with E-state index in [1.807, 2.05) is 23.6 Å². The largest absolute Gasteiger partial charge is 0.476 e. The summed E-state index contributed by atoms with van der Waals surface area (Å²) in [7, 11) is 5.93. The van der Waals surface area contributed by atoms with Gasteiger partial charge < -0.3 is 59.8 Å². The quantitative estimate of drug-likeness (QED) is 0.0672. The van der Waals surface area contributed by atoms with Crippen molar-refractivity contribution in [1.29, 1.82) is 0 Å². The van der Waals surface area contributed by atoms with Crippen LogP contribution in [0.15, 0.2) is 10.3 Å². The van der Waals surface area contributed by atoms with Crippen LogP contribution >= 0.6 is 45.9 Å². The van der Waals surface area contributed by atoms with Gasteiger partial charge in [0.25, 0.3) is 11.8 Å². The van der Waals surface area contributed by atoms with Crippen molar-refractivity contribution in [2.45, 2.75) is 77.7 Å². The molecular weight excluding hydrogens is 920 g/mol. The number of thiazole rings is 2. The number of aromatic nitrogens is 6. The van der Waals surface area contributed by atoms with E-state index in [0.29, 0.717) is 94.7 Å². The lowest BCUT2D eigenvalue weighted by atomic mass is 10.0. The molecule has 64 heavy (non-hydrogen) atoms. The van der Waals surface area contributed by atoms with Crippen LogP contribution in [-0.4, -0.2) is 154 Å². The summed E-state index contributed by atoms with van der Waals surface area (Å²) in [5, 5.41) is 34.3. The number of aromatic carboxylic acids is 2. The van der Waals surface area contributed by atoms with Gasteiger partial charge in [-0.2, -0.15) is 0 Å². The first kappa shape index (κ1) is 49.6. The third-order valence-electron chi connectivity index (χ3n) is 10.2. The fraction of sp³-hybridized carbons (Fsp3) is 0.526. The number of piperidine rings is 2. The third kappa shape index (κ3) is 11.6. The average Bonchev–Trinajstić information content (AvgIpc) is 4.09. The molecule has 0 aliphatic carbocycles. The van der Waals surface area contributed by atoms with Gasteiger partial charge in [-0.05, 0) is 39.5 Å². The molecule has 4 atom stereocenters. The van der Waals surface area contributed by atoms with Crippen molar-refractivity contribution in [2.24, 2.45) is 10.3 Å². The number of nitrogens with zero attached hydrogens (tertiary/aromatic N) is 8. The Balaban J connectivity index is 0.000000241. The fourth-order valence-electron chi connectivity index (χ4n) is 6.95. The Morgan fingerprint density at radius 2 is 1.08 bits per heavy atom. The van der Waals surface area contributed by atoms with Gasteiger partial charge in [0, 0.05) is 40.4 Å². The number of amides is 2. The second kappa shape index (κ2) is 22.5. The topological polar surface area (TPSA) is 284 Å². The smallest absolute Gasteiger partial charge is 0.356 e. The van der Waals surface area contributed by atoms with E-state index in [1.54, 1.807) is 28.1 Å². The van der Waals surface area contributed by atoms with Crippen LogP contribution in [0.3, 0.4) is 0 Å². The number of ether oxygens (including phenoxy) is 2. The van der Waals surface area contributed by atoms with E-state index in [2.05, 4.69) is 50.8 Å². The molecule has 6 N–H and O–H groups in total. The molecule has 2 fully saturated rings. The number of carboxylic acids is 2. The molecule has 4 aromatic rings. The normalized spacial score (nSPS) is 19.2. The number of carboxylic acid groups (broad SMARTS) is 2. The Morgan fingerprint density at radius 1 is 0.703 bits per heavy atom. The molecule has 4 aromatic heterocycles. The third-order valence-corrected chi connectivity index (χ3v) is 13.3. The zero-order chi connectivity index (χ0) is 46.8. The van der Waals surface area contributed by atoms with Crippen LogP contribution < -0.4 is 20.4 Å². The van der Waals surface area contributed by atoms with Crippen molar-refractivity contribution in [3.63, 3.8) is 0 Å². The van der Waals surface area contributed by atoms with Crippen LogP contribution in [-0.2, 0) is 32.0 Å². The Labute approximate surface area is 385 Å². The maximum Gasteiger partial charge on any atom is 0.356 e. The van der Waals surface area contributed by atoms with E-state index in [9.17, 15) is 29.4 Å². The van der Waals surface area contributed by atoms with Crippen molar-refractivity contribution >= 4 is 91.3 Å². The number of carbonyl (C=O) groups excluding carboxylic acids is 2. The highest BCUT2D eigenvalue weighted by atomic mass is 35.5. The molecule has 1 unspecified atom stereocenters. The van der Waals surface area contributed by atoms with Gasteiger partial charge in [-0.1, -0.05) is 70.0 Å². The molecule has 0 spiro atoms. The maximum atomic E-state index is 12.6. The lowest BCUT2D eigenvalue weighted by molar-refractivity contribution is 0.0537. The summed E-state index contributed by atoms with van der Waals surface area (Å²) in [6.07, 6.45) is 1.75. The van der Waals surface area contributed by atoms with Gasteiger partial charge in [-0.3, -0.25) is 9.59 Å². The fourth-order valence-corrected chi connectivity index (χ4v) is 9.54. The monoisotopic (exact) mass is 968 g/mol. The zero-order valence-corrected chi connectivity index (χ0v) is 39.4. The second-order valence-electron chi connectivity index (χ2n) is 14.3. The minimum Gasteiger partial charge on any atom is -0.476 e. The van der Waals surface area contributed by atoms with Crippen molar-refractivity contribution in [3.8, 4) is 0 Å². The number of rotatable bonds is 16. The van der Waals surface area contributed by atoms with Gasteiger partial charge in [0.2, 0.25) is 0 Å². The van der Waals surface area contributed by atoms with Gasteiger partial charge >= 0.3 is 11.9 Å². The summed E-state index contributed by atoms with van der Waals surface area (Å²) in [5.41, 5.74) is 2.13. The number of aromatic amines is 2. The molecule has 26 heteroatoms. The van der Waals surface area contributed by atoms with E-state index in [1.165, 1.54) is 36.9 Å². The van der Waals surface area contributed by atoms with Crippen molar-refractivity contribution in [3.05, 3.63) is 54.5 Å². The van der Waals surface area contributed by atoms with Gasteiger partial charge in [-0.15, -0.1) is 0 Å². The molecule has 6 heterocycles. The van der Waals surface area contributed by atoms with Gasteiger partial charge in [0.1, 0.15) is 14.2 Å². The summed E-state index contributed by atoms with van der Waals surface area (Å²) in [6, 6.07) is -0.513. The number of H-pyrrole nitrogens is 2. The summed E-state index contributed by atoms with van der Waals surface area (Å²) >= 11 is 14.5. The van der Waals surface area contributed by atoms with Crippen LogP contribution in [0.1, 0.15) is 104 Å². The number of anilines is 2. The van der Waals surface area contributed by atoms with Gasteiger partial charge in [0.15, 0.2) is 43.6 Å². The molecule has 22 nitrogen and oxygen atoms in total. The predicted molar refractivity (Wildman–Crippen MR) is 240 cm³/mol. The summed E-state index contributed by atoms with van der Waals surface area (Å²) in [6.45, 7) is 9.11. The first-order chi connectivity index (χ1) is 30.6. The zero-order valence-electron chi connectivity index (χ0n) is 36.3. The summed E-state index contributed by atoms with van der Waals surface area (Å²) < 4.78 is 11.2. The minimum atomic E-state index is -1.14. The number of hydrogen-bond acceptors (Lipinski definition) is 18. The van der Waals surface area contributed by atoms with E-state index in [0.717, 1.165) is 0 Å². The highest BCUT2D eigenvalue weighted by molar-refractivity contribution is 7.18. The summed E-state index contributed by atoms with van der Waals surface area (Å²) in [5.74, 6) is -2.67. The number of imidazole rings is 2. The van der Waals surface area contributed by atoms with E-state index in [-0.39, 0.29) is 69.4 Å². The number of aryl methyl sites for hydroxylation is 2. The lowest BCUT2D eigenvalue weighted by Gasteiger charge is -2.37. The van der Waals surface area contributed by atoms with Crippen LogP contribution in [0, 0.1) is 0 Å². The van der Waals surface area contributed by atoms with Crippen molar-refractivity contribution < 1.29 is 48.5 Å². The standard InChI is InChI=1S/2C19H25ClN6O5S/c2*1-5-10-15(20)24-16(21-10)17(27)22-11-6-7-26(8-12(11)30-3)19-23-13(18(28)29)14(32-19)9(2)25-31-4/h2*11-12H,5-8H2,1-4H3,(H,21,24)(H,22,27)(H,28,29)/b25-9+;25-9-/t11-,12+;11-,12?/m11/s1. The molecule has 348 valence electrons. The SMILES string of the molecule is CCc1[nH]c(C(=O)N[C@@H]2CCN(c3nc(C(=O)O)c(/C(C)=N/OC)s3)C[C@@H]2OC)nc1Cl.CCc1[nH]c(C(=O)N[C@@H]2CCN(c3nc(C(=O)O)c(/C(C)=N\OC)s3)CC2OC)nc1Cl. The van der Waals surface area contributed by atoms with Gasteiger partial charge in [-0.25, -0.2) is 29.5 Å². The van der Waals surface area contributed by atoms with E-state index in [4.69, 9.17) is 42.4 Å². The number of halogens is 2. The molecule has 2 aliphatic rings. The van der Waals surface area contributed by atoms with Crippen LogP contribution in [0.25, 0.3) is 0 Å². The minimum absolute atomic E-state index is 0.0749. The Kier molecular flexibility index (Phi) is 17.4. The Bertz CT molecular complexity index is 2200. The molecule has 2 saturated heterocycles. The molecule has 2 aliphatic heterocycles. The van der Waals surface area contributed by atoms with Crippen LogP contribution in [0.4, 0.5) is 10.3 Å². The first-order valence-electron chi connectivity index (χ1n) is 19.9. The highest BCUT2D eigenvalue weighted by Gasteiger charge is 2.35. The van der Waals surface area contributed by atoms with Gasteiger partial charge in [0.05, 0.1) is 56.9 Å². The van der Waals surface area contributed by atoms with E-state index < -0.39 is 11.9 Å². The number of hydrogen-bond donors (Lipinski definition) is 6. The Hall–Kier alpha value is -5.40. The maximum absolute atomic E-state index is 12.6. The lowest BCUT2D eigenvalue weighted by Crippen LogP contribution is -2.55. The molecular formula is C38H50Cl2N12O10S2. The number of oxime groups is 2. The molecule has 2 amide bonds. The number of carbonyl (C=O) groups is 4. The Morgan fingerprint density at radius 3 is 1.38 bits per heavy atom. The molecule has 6 rings (SSSR count). The van der Waals surface area contributed by atoms with E-state index >= 15 is 0 Å². The molecule has 0 radical (unpaired) electrons. The number of nitrogens with one attached hydrogen (secondary N) is 4. The van der Waals surface area contributed by atoms with Crippen molar-refractivity contribution in [1.82, 2.24) is 40.5 Å². The highest BCUT2D eigenvalue weighted by Crippen LogP contribution is 2.32. The molecule has 0 saturated carbocycles. The predicted octanol–water partition coefficient (Wildman–Crippen LogP) is 4.35. The average molecular weight is 970 g/mol. The second-order valence-corrected chi connectivity index (χ2v) is 16.9. The molecule has 0 aromatic carbocycles.